The molecule has 0 spiro atoms. The molecule has 19 heavy (non-hydrogen) atoms. The van der Waals surface area contributed by atoms with Gasteiger partial charge in [-0.1, -0.05) is 6.92 Å². The molecular formula is C12H15NO6. The molecule has 1 aliphatic rings. The molecule has 0 N–H and O–H groups in total. The summed E-state index contributed by atoms with van der Waals surface area (Å²) in [7, 11) is 3.25. The van der Waals surface area contributed by atoms with Crippen LogP contribution in [-0.4, -0.2) is 39.2 Å². The fourth-order valence-corrected chi connectivity index (χ4v) is 2.85. The Kier molecular flexibility index (Phi) is 3.84. The summed E-state index contributed by atoms with van der Waals surface area (Å²) in [6, 6.07) is 1.75. The van der Waals surface area contributed by atoms with E-state index in [4.69, 9.17) is 0 Å². The molecule has 0 radical (unpaired) electrons. The van der Waals surface area contributed by atoms with Gasteiger partial charge in [0.1, 0.15) is 0 Å². The van der Waals surface area contributed by atoms with Gasteiger partial charge in [-0.3, -0.25) is 14.4 Å². The van der Waals surface area contributed by atoms with Crippen molar-refractivity contribution >= 4 is 17.9 Å². The average molecular weight is 269 g/mol. The minimum atomic E-state index is -1.94. The number of ether oxygens (including phenoxy) is 3. The van der Waals surface area contributed by atoms with E-state index in [1.807, 2.05) is 0 Å². The number of nitriles is 1. The van der Waals surface area contributed by atoms with Gasteiger partial charge in [0.2, 0.25) is 0 Å². The minimum Gasteiger partial charge on any atom is -0.468 e. The second kappa shape index (κ2) is 4.88. The second-order valence-corrected chi connectivity index (χ2v) is 4.16. The molecule has 1 aliphatic carbocycles. The number of carbonyl (C=O) groups excluding carboxylic acids is 3. The van der Waals surface area contributed by atoms with E-state index in [1.54, 1.807) is 13.0 Å². The molecule has 1 fully saturated rings. The predicted molar refractivity (Wildman–Crippen MR) is 60.3 cm³/mol. The molecule has 0 saturated heterocycles. The molecule has 0 aromatic carbocycles. The Morgan fingerprint density at radius 1 is 1.05 bits per heavy atom. The van der Waals surface area contributed by atoms with Crippen LogP contribution in [0.5, 0.6) is 0 Å². The Labute approximate surface area is 110 Å². The van der Waals surface area contributed by atoms with Gasteiger partial charge in [0, 0.05) is 5.92 Å². The highest BCUT2D eigenvalue weighted by Gasteiger charge is 2.91. The highest BCUT2D eigenvalue weighted by atomic mass is 16.6. The van der Waals surface area contributed by atoms with Gasteiger partial charge < -0.3 is 14.2 Å². The fourth-order valence-electron chi connectivity index (χ4n) is 2.85. The third-order valence-electron chi connectivity index (χ3n) is 3.69. The van der Waals surface area contributed by atoms with E-state index in [0.717, 1.165) is 21.3 Å². The molecule has 0 bridgehead atoms. The zero-order chi connectivity index (χ0) is 14.8. The van der Waals surface area contributed by atoms with Crippen molar-refractivity contribution in [1.29, 1.82) is 5.26 Å². The molecule has 7 nitrogen and oxygen atoms in total. The lowest BCUT2D eigenvalue weighted by Crippen LogP contribution is -2.37. The molecule has 2 atom stereocenters. The van der Waals surface area contributed by atoms with Gasteiger partial charge in [-0.25, -0.2) is 0 Å². The summed E-state index contributed by atoms with van der Waals surface area (Å²) in [6.07, 6.45) is 0.257. The number of esters is 3. The topological polar surface area (TPSA) is 103 Å². The number of hydrogen-bond donors (Lipinski definition) is 0. The summed E-state index contributed by atoms with van der Waals surface area (Å²) >= 11 is 0. The predicted octanol–water partition coefficient (Wildman–Crippen LogP) is 0.0416. The summed E-state index contributed by atoms with van der Waals surface area (Å²) in [5, 5.41) is 9.32. The molecule has 7 heteroatoms. The quantitative estimate of drug-likeness (QED) is 0.403. The molecule has 0 aromatic heterocycles. The van der Waals surface area contributed by atoms with Gasteiger partial charge in [-0.15, -0.1) is 0 Å². The van der Waals surface area contributed by atoms with Gasteiger partial charge >= 0.3 is 17.9 Å². The zero-order valence-corrected chi connectivity index (χ0v) is 11.2. The third kappa shape index (κ3) is 1.46. The van der Waals surface area contributed by atoms with Crippen molar-refractivity contribution in [2.75, 3.05) is 21.3 Å². The normalized spacial score (nSPS) is 26.8. The molecule has 1 saturated carbocycles. The highest BCUT2D eigenvalue weighted by molar-refractivity contribution is 6.13. The van der Waals surface area contributed by atoms with Crippen molar-refractivity contribution in [1.82, 2.24) is 0 Å². The average Bonchev–Trinajstić information content (AvgIpc) is 3.08. The Morgan fingerprint density at radius 3 is 1.74 bits per heavy atom. The monoisotopic (exact) mass is 269 g/mol. The molecular weight excluding hydrogens is 254 g/mol. The molecule has 104 valence electrons. The summed E-state index contributed by atoms with van der Waals surface area (Å²) in [4.78, 5) is 35.8. The van der Waals surface area contributed by atoms with E-state index in [9.17, 15) is 19.6 Å². The van der Waals surface area contributed by atoms with Gasteiger partial charge in [0.05, 0.1) is 27.4 Å². The van der Waals surface area contributed by atoms with Crippen LogP contribution >= 0.6 is 0 Å². The maximum Gasteiger partial charge on any atom is 0.328 e. The summed E-state index contributed by atoms with van der Waals surface area (Å²) in [5.74, 6) is -3.67. The highest BCUT2D eigenvalue weighted by Crippen LogP contribution is 2.71. The number of rotatable bonds is 4. The van der Waals surface area contributed by atoms with Crippen LogP contribution in [0.3, 0.4) is 0 Å². The first-order chi connectivity index (χ1) is 8.95. The van der Waals surface area contributed by atoms with Crippen LogP contribution < -0.4 is 0 Å². The van der Waals surface area contributed by atoms with Crippen LogP contribution in [0.2, 0.25) is 0 Å². The van der Waals surface area contributed by atoms with Gasteiger partial charge in [-0.05, 0) is 6.42 Å². The summed E-state index contributed by atoms with van der Waals surface area (Å²) in [6.45, 7) is 1.66. The molecule has 0 amide bonds. The Bertz CT molecular complexity index is 449. The van der Waals surface area contributed by atoms with Crippen LogP contribution in [0.25, 0.3) is 0 Å². The molecule has 0 unspecified atom stereocenters. The Balaban J connectivity index is 3.49. The SMILES string of the molecule is CC[C@@H]1C(C(=O)OC)(C(=O)OC)[C@@]1(C#N)C(=O)OC. The van der Waals surface area contributed by atoms with Crippen LogP contribution in [0, 0.1) is 28.1 Å². The van der Waals surface area contributed by atoms with E-state index >= 15 is 0 Å². The Hall–Kier alpha value is -2.10. The largest absolute Gasteiger partial charge is 0.468 e. The first-order valence-corrected chi connectivity index (χ1v) is 5.62. The van der Waals surface area contributed by atoms with Gasteiger partial charge in [0.25, 0.3) is 0 Å². The molecule has 1 rings (SSSR count). The van der Waals surface area contributed by atoms with E-state index in [-0.39, 0.29) is 6.42 Å². The first kappa shape index (κ1) is 15.0. The third-order valence-corrected chi connectivity index (χ3v) is 3.69. The lowest BCUT2D eigenvalue weighted by Gasteiger charge is -2.14. The molecule has 0 aromatic rings. The van der Waals surface area contributed by atoms with E-state index in [1.165, 1.54) is 0 Å². The van der Waals surface area contributed by atoms with E-state index < -0.39 is 34.7 Å². The second-order valence-electron chi connectivity index (χ2n) is 4.16. The summed E-state index contributed by atoms with van der Waals surface area (Å²) < 4.78 is 13.7. The van der Waals surface area contributed by atoms with Crippen molar-refractivity contribution in [2.45, 2.75) is 13.3 Å². The van der Waals surface area contributed by atoms with Gasteiger partial charge in [-0.2, -0.15) is 5.26 Å². The number of nitrogens with zero attached hydrogens (tertiary/aromatic N) is 1. The van der Waals surface area contributed by atoms with Crippen LogP contribution in [0.1, 0.15) is 13.3 Å². The Morgan fingerprint density at radius 2 is 1.47 bits per heavy atom. The number of carbonyl (C=O) groups is 3. The van der Waals surface area contributed by atoms with Crippen molar-refractivity contribution in [2.24, 2.45) is 16.7 Å². The first-order valence-electron chi connectivity index (χ1n) is 5.62. The lowest BCUT2D eigenvalue weighted by molar-refractivity contribution is -0.167. The maximum atomic E-state index is 12.0. The maximum absolute atomic E-state index is 12.0. The van der Waals surface area contributed by atoms with Crippen molar-refractivity contribution < 1.29 is 28.6 Å². The van der Waals surface area contributed by atoms with Crippen LogP contribution in [-0.2, 0) is 28.6 Å². The summed E-state index contributed by atoms with van der Waals surface area (Å²) in [5.41, 5.74) is -3.82. The van der Waals surface area contributed by atoms with Crippen LogP contribution in [0.15, 0.2) is 0 Å². The van der Waals surface area contributed by atoms with Crippen molar-refractivity contribution in [3.63, 3.8) is 0 Å². The molecule has 0 heterocycles. The smallest absolute Gasteiger partial charge is 0.328 e. The van der Waals surface area contributed by atoms with Gasteiger partial charge in [0.15, 0.2) is 10.8 Å². The minimum absolute atomic E-state index is 0.257. The number of hydrogen-bond acceptors (Lipinski definition) is 7. The fraction of sp³-hybridized carbons (Fsp3) is 0.667. The molecule has 0 aliphatic heterocycles. The zero-order valence-electron chi connectivity index (χ0n) is 11.2. The van der Waals surface area contributed by atoms with E-state index in [0.29, 0.717) is 0 Å². The van der Waals surface area contributed by atoms with Crippen molar-refractivity contribution in [3.05, 3.63) is 0 Å². The van der Waals surface area contributed by atoms with Crippen molar-refractivity contribution in [3.8, 4) is 6.07 Å². The number of methoxy groups -OCH3 is 3. The standard InChI is InChI=1S/C12H15NO6/c1-5-7-11(6-13,8(14)17-2)12(7,9(15)18-3)10(16)19-4/h7H,5H2,1-4H3/t7-,11+/m0/s1. The lowest BCUT2D eigenvalue weighted by atomic mass is 9.93. The van der Waals surface area contributed by atoms with Crippen LogP contribution in [0.4, 0.5) is 0 Å². The van der Waals surface area contributed by atoms with E-state index in [2.05, 4.69) is 14.2 Å².